The highest BCUT2D eigenvalue weighted by atomic mass is 28.3. The van der Waals surface area contributed by atoms with Crippen LogP contribution in [0.1, 0.15) is 19.3 Å². The van der Waals surface area contributed by atoms with Crippen molar-refractivity contribution >= 4 is 8.07 Å². The van der Waals surface area contributed by atoms with Gasteiger partial charge >= 0.3 is 0 Å². The van der Waals surface area contributed by atoms with Crippen molar-refractivity contribution in [3.05, 3.63) is 11.6 Å². The van der Waals surface area contributed by atoms with E-state index in [0.717, 1.165) is 5.54 Å². The van der Waals surface area contributed by atoms with E-state index >= 15 is 0 Å². The summed E-state index contributed by atoms with van der Waals surface area (Å²) < 4.78 is 0. The molecule has 0 heterocycles. The van der Waals surface area contributed by atoms with Gasteiger partial charge in [-0.3, -0.25) is 0 Å². The third-order valence-electron chi connectivity index (χ3n) is 2.78. The molecule has 0 saturated heterocycles. The number of rotatable bonds is 2. The van der Waals surface area contributed by atoms with Crippen molar-refractivity contribution in [2.24, 2.45) is 0 Å². The summed E-state index contributed by atoms with van der Waals surface area (Å²) in [4.78, 5) is 0. The summed E-state index contributed by atoms with van der Waals surface area (Å²) in [5, 5.41) is 9.18. The monoisotopic (exact) mass is 184 g/mol. The number of aliphatic hydroxyl groups excluding tert-OH is 1. The van der Waals surface area contributed by atoms with Gasteiger partial charge in [-0.2, -0.15) is 0 Å². The van der Waals surface area contributed by atoms with Gasteiger partial charge in [0, 0.05) is 0 Å². The summed E-state index contributed by atoms with van der Waals surface area (Å²) in [5.74, 6) is 0. The molecule has 0 aliphatic heterocycles. The Labute approximate surface area is 76.5 Å². The maximum absolute atomic E-state index is 9.18. The molecule has 0 aromatic heterocycles. The van der Waals surface area contributed by atoms with Gasteiger partial charge in [-0.1, -0.05) is 25.7 Å². The predicted molar refractivity (Wildman–Crippen MR) is 56.1 cm³/mol. The third kappa shape index (κ3) is 2.20. The lowest BCUT2D eigenvalue weighted by Gasteiger charge is -2.33. The van der Waals surface area contributed by atoms with Crippen LogP contribution >= 0.6 is 0 Å². The van der Waals surface area contributed by atoms with E-state index < -0.39 is 8.07 Å². The summed E-state index contributed by atoms with van der Waals surface area (Å²) in [5.41, 5.74) is 2.05. The van der Waals surface area contributed by atoms with Crippen molar-refractivity contribution in [3.8, 4) is 0 Å². The Bertz CT molecular complexity index is 179. The number of hydrogen-bond acceptors (Lipinski definition) is 1. The van der Waals surface area contributed by atoms with Crippen LogP contribution in [0.4, 0.5) is 0 Å². The van der Waals surface area contributed by atoms with Crippen LogP contribution in [0.2, 0.25) is 25.2 Å². The molecule has 0 saturated carbocycles. The minimum Gasteiger partial charge on any atom is -0.392 e. The molecular formula is C10H20OSi. The molecule has 0 bridgehead atoms. The summed E-state index contributed by atoms with van der Waals surface area (Å²) in [6.07, 6.45) is 6.06. The zero-order valence-electron chi connectivity index (χ0n) is 8.43. The molecule has 0 aromatic rings. The Morgan fingerprint density at radius 3 is 2.58 bits per heavy atom. The topological polar surface area (TPSA) is 20.2 Å². The van der Waals surface area contributed by atoms with Crippen molar-refractivity contribution in [2.45, 2.75) is 44.4 Å². The molecular weight excluding hydrogens is 164 g/mol. The zero-order valence-corrected chi connectivity index (χ0v) is 9.43. The minimum absolute atomic E-state index is 0.287. The van der Waals surface area contributed by atoms with Crippen molar-refractivity contribution < 1.29 is 5.11 Å². The second kappa shape index (κ2) is 3.75. The third-order valence-corrected chi connectivity index (χ3v) is 5.53. The van der Waals surface area contributed by atoms with Gasteiger partial charge < -0.3 is 5.11 Å². The molecule has 12 heavy (non-hydrogen) atoms. The van der Waals surface area contributed by atoms with Crippen molar-refractivity contribution in [2.75, 3.05) is 6.61 Å². The van der Waals surface area contributed by atoms with Crippen molar-refractivity contribution in [1.82, 2.24) is 0 Å². The second-order valence-corrected chi connectivity index (χ2v) is 10.2. The quantitative estimate of drug-likeness (QED) is 0.517. The predicted octanol–water partition coefficient (Wildman–Crippen LogP) is 2.80. The fourth-order valence-electron chi connectivity index (χ4n) is 2.10. The van der Waals surface area contributed by atoms with Gasteiger partial charge in [0.25, 0.3) is 0 Å². The van der Waals surface area contributed by atoms with Gasteiger partial charge in [0.05, 0.1) is 14.7 Å². The number of hydrogen-bond donors (Lipinski definition) is 1. The van der Waals surface area contributed by atoms with Gasteiger partial charge in [-0.05, 0) is 30.4 Å². The van der Waals surface area contributed by atoms with Crippen LogP contribution in [0.3, 0.4) is 0 Å². The van der Waals surface area contributed by atoms with E-state index in [1.165, 1.54) is 24.8 Å². The van der Waals surface area contributed by atoms with Crippen LogP contribution in [0, 0.1) is 0 Å². The van der Waals surface area contributed by atoms with Gasteiger partial charge in [0.1, 0.15) is 0 Å². The Kier molecular flexibility index (Phi) is 3.13. The normalized spacial score (nSPS) is 25.3. The number of aliphatic hydroxyl groups is 1. The average molecular weight is 184 g/mol. The molecule has 1 nitrogen and oxygen atoms in total. The summed E-state index contributed by atoms with van der Waals surface area (Å²) in [7, 11) is -1.07. The zero-order chi connectivity index (χ0) is 9.19. The van der Waals surface area contributed by atoms with Crippen LogP contribution in [-0.4, -0.2) is 19.8 Å². The SMILES string of the molecule is C[Si](C)(C)C1CCCC=C1CO. The standard InChI is InChI=1S/C10H20OSi/c1-12(2,3)10-7-5-4-6-9(10)8-11/h6,10-11H,4-5,7-8H2,1-3H3. The molecule has 0 fully saturated rings. The Balaban J connectivity index is 2.75. The van der Waals surface area contributed by atoms with Crippen LogP contribution in [0.5, 0.6) is 0 Å². The van der Waals surface area contributed by atoms with Crippen LogP contribution < -0.4 is 0 Å². The van der Waals surface area contributed by atoms with E-state index in [1.807, 2.05) is 0 Å². The molecule has 0 spiro atoms. The van der Waals surface area contributed by atoms with Gasteiger partial charge in [0.15, 0.2) is 0 Å². The Morgan fingerprint density at radius 1 is 1.50 bits per heavy atom. The summed E-state index contributed by atoms with van der Waals surface area (Å²) in [6, 6.07) is 0. The fourth-order valence-corrected chi connectivity index (χ4v) is 4.49. The van der Waals surface area contributed by atoms with Gasteiger partial charge in [0.2, 0.25) is 0 Å². The molecule has 1 unspecified atom stereocenters. The minimum atomic E-state index is -1.07. The van der Waals surface area contributed by atoms with Crippen LogP contribution in [0.25, 0.3) is 0 Å². The highest BCUT2D eigenvalue weighted by Gasteiger charge is 2.30. The lowest BCUT2D eigenvalue weighted by atomic mass is 9.99. The lowest BCUT2D eigenvalue weighted by molar-refractivity contribution is 0.322. The van der Waals surface area contributed by atoms with E-state index in [2.05, 4.69) is 25.7 Å². The molecule has 1 rings (SSSR count). The van der Waals surface area contributed by atoms with Crippen LogP contribution in [-0.2, 0) is 0 Å². The molecule has 70 valence electrons. The highest BCUT2D eigenvalue weighted by molar-refractivity contribution is 6.78. The summed E-state index contributed by atoms with van der Waals surface area (Å²) in [6.45, 7) is 7.47. The smallest absolute Gasteiger partial charge is 0.0641 e. The first-order valence-corrected chi connectivity index (χ1v) is 8.43. The lowest BCUT2D eigenvalue weighted by Crippen LogP contribution is -2.31. The van der Waals surface area contributed by atoms with Gasteiger partial charge in [-0.15, -0.1) is 0 Å². The molecule has 0 amide bonds. The Hall–Kier alpha value is -0.0831. The van der Waals surface area contributed by atoms with E-state index in [0.29, 0.717) is 0 Å². The average Bonchev–Trinajstić information content (AvgIpc) is 2.03. The van der Waals surface area contributed by atoms with Crippen LogP contribution in [0.15, 0.2) is 11.6 Å². The fraction of sp³-hybridized carbons (Fsp3) is 0.800. The highest BCUT2D eigenvalue weighted by Crippen LogP contribution is 2.37. The maximum Gasteiger partial charge on any atom is 0.0641 e. The van der Waals surface area contributed by atoms with Crippen molar-refractivity contribution in [3.63, 3.8) is 0 Å². The molecule has 0 aromatic carbocycles. The summed E-state index contributed by atoms with van der Waals surface area (Å²) >= 11 is 0. The van der Waals surface area contributed by atoms with Crippen molar-refractivity contribution in [1.29, 1.82) is 0 Å². The number of allylic oxidation sites excluding steroid dienone is 1. The molecule has 0 radical (unpaired) electrons. The first-order valence-electron chi connectivity index (χ1n) is 4.85. The van der Waals surface area contributed by atoms with E-state index in [-0.39, 0.29) is 6.61 Å². The molecule has 1 N–H and O–H groups in total. The molecule has 1 aliphatic rings. The largest absolute Gasteiger partial charge is 0.392 e. The van der Waals surface area contributed by atoms with E-state index in [1.54, 1.807) is 0 Å². The molecule has 1 atom stereocenters. The molecule has 1 aliphatic carbocycles. The van der Waals surface area contributed by atoms with Gasteiger partial charge in [-0.25, -0.2) is 0 Å². The maximum atomic E-state index is 9.18. The first kappa shape index (κ1) is 10.0. The first-order chi connectivity index (χ1) is 5.55. The van der Waals surface area contributed by atoms with E-state index in [9.17, 15) is 5.11 Å². The van der Waals surface area contributed by atoms with E-state index in [4.69, 9.17) is 0 Å². The Morgan fingerprint density at radius 2 is 2.17 bits per heavy atom. The molecule has 2 heteroatoms. The second-order valence-electron chi connectivity index (χ2n) is 4.79.